The summed E-state index contributed by atoms with van der Waals surface area (Å²) in [6.07, 6.45) is 3.28. The van der Waals surface area contributed by atoms with E-state index in [4.69, 9.17) is 4.74 Å². The van der Waals surface area contributed by atoms with Crippen molar-refractivity contribution in [3.05, 3.63) is 34.9 Å². The Hall–Kier alpha value is -2.26. The molecule has 0 saturated carbocycles. The Morgan fingerprint density at radius 3 is 2.36 bits per heavy atom. The SMILES string of the molecule is CCCC(C)NC(=O)C(c1cc(C)ccc1C)N(CCO)C(=O)C(CCSC)NC(=O)OC(C)(C)C. The van der Waals surface area contributed by atoms with Crippen molar-refractivity contribution in [2.45, 2.75) is 91.5 Å². The highest BCUT2D eigenvalue weighted by Gasteiger charge is 2.37. The summed E-state index contributed by atoms with van der Waals surface area (Å²) >= 11 is 1.55. The molecule has 3 N–H and O–H groups in total. The van der Waals surface area contributed by atoms with Crippen LogP contribution < -0.4 is 10.6 Å². The van der Waals surface area contributed by atoms with Gasteiger partial charge in [0.1, 0.15) is 17.7 Å². The summed E-state index contributed by atoms with van der Waals surface area (Å²) in [4.78, 5) is 41.5. The van der Waals surface area contributed by atoms with Crippen LogP contribution in [0.2, 0.25) is 0 Å². The normalized spacial score (nSPS) is 13.9. The van der Waals surface area contributed by atoms with Crippen molar-refractivity contribution in [2.24, 2.45) is 0 Å². The van der Waals surface area contributed by atoms with Crippen LogP contribution in [0.1, 0.15) is 76.6 Å². The Bertz CT molecular complexity index is 871. The Kier molecular flexibility index (Phi) is 13.3. The van der Waals surface area contributed by atoms with Crippen LogP contribution in [0, 0.1) is 13.8 Å². The van der Waals surface area contributed by atoms with Gasteiger partial charge in [0.15, 0.2) is 0 Å². The van der Waals surface area contributed by atoms with Crippen molar-refractivity contribution in [1.82, 2.24) is 15.5 Å². The predicted octanol–water partition coefficient (Wildman–Crippen LogP) is 4.12. The number of ether oxygens (including phenoxy) is 1. The lowest BCUT2D eigenvalue weighted by molar-refractivity contribution is -0.143. The molecule has 0 aliphatic heterocycles. The van der Waals surface area contributed by atoms with E-state index in [0.717, 1.165) is 24.0 Å². The lowest BCUT2D eigenvalue weighted by Crippen LogP contribution is -2.54. The van der Waals surface area contributed by atoms with E-state index in [9.17, 15) is 19.5 Å². The maximum absolute atomic E-state index is 13.9. The van der Waals surface area contributed by atoms with Crippen LogP contribution in [0.15, 0.2) is 18.2 Å². The monoisotopic (exact) mass is 523 g/mol. The molecule has 3 unspecified atom stereocenters. The highest BCUT2D eigenvalue weighted by atomic mass is 32.2. The second-order valence-corrected chi connectivity index (χ2v) is 11.2. The number of nitrogens with one attached hydrogen (secondary N) is 2. The molecule has 0 radical (unpaired) electrons. The third kappa shape index (κ3) is 10.4. The van der Waals surface area contributed by atoms with Crippen LogP contribution in [0.25, 0.3) is 0 Å². The largest absolute Gasteiger partial charge is 0.444 e. The predicted molar refractivity (Wildman–Crippen MR) is 146 cm³/mol. The fourth-order valence-electron chi connectivity index (χ4n) is 3.95. The standard InChI is InChI=1S/C27H45N3O5S/c1-9-10-20(4)28-24(32)23(21-17-18(2)11-12-19(21)3)30(14-15-31)25(33)22(13-16-36-8)29-26(34)35-27(5,6)7/h11-12,17,20,22-23,31H,9-10,13-16H2,1-8H3,(H,28,32)(H,29,34). The molecule has 1 aromatic carbocycles. The molecule has 0 aromatic heterocycles. The minimum Gasteiger partial charge on any atom is -0.444 e. The lowest BCUT2D eigenvalue weighted by Gasteiger charge is -2.35. The minimum atomic E-state index is -0.957. The summed E-state index contributed by atoms with van der Waals surface area (Å²) in [5.74, 6) is -0.131. The van der Waals surface area contributed by atoms with E-state index < -0.39 is 29.7 Å². The zero-order valence-electron chi connectivity index (χ0n) is 23.1. The van der Waals surface area contributed by atoms with Gasteiger partial charge in [-0.1, -0.05) is 37.1 Å². The molecule has 0 heterocycles. The number of thioether (sulfide) groups is 1. The molecule has 0 aliphatic rings. The van der Waals surface area contributed by atoms with E-state index in [1.165, 1.54) is 4.90 Å². The molecule has 0 aliphatic carbocycles. The maximum Gasteiger partial charge on any atom is 0.408 e. The Morgan fingerprint density at radius 2 is 1.81 bits per heavy atom. The summed E-state index contributed by atoms with van der Waals surface area (Å²) < 4.78 is 5.39. The van der Waals surface area contributed by atoms with E-state index >= 15 is 0 Å². The zero-order valence-corrected chi connectivity index (χ0v) is 24.0. The molecule has 0 fully saturated rings. The average Bonchev–Trinajstić information content (AvgIpc) is 2.77. The van der Waals surface area contributed by atoms with Gasteiger partial charge in [0, 0.05) is 12.6 Å². The molecular weight excluding hydrogens is 478 g/mol. The number of rotatable bonds is 13. The smallest absolute Gasteiger partial charge is 0.408 e. The Labute approximate surface area is 220 Å². The number of aliphatic hydroxyl groups excluding tert-OH is 1. The van der Waals surface area contributed by atoms with Gasteiger partial charge < -0.3 is 25.4 Å². The number of alkyl carbamates (subject to hydrolysis) is 1. The Balaban J connectivity index is 3.48. The van der Waals surface area contributed by atoms with Gasteiger partial charge in [0.05, 0.1) is 6.61 Å². The molecular formula is C27H45N3O5S. The summed E-state index contributed by atoms with van der Waals surface area (Å²) in [6, 6.07) is 3.84. The number of hydrogen-bond donors (Lipinski definition) is 3. The average molecular weight is 524 g/mol. The van der Waals surface area contributed by atoms with Gasteiger partial charge in [-0.15, -0.1) is 0 Å². The first kappa shape index (κ1) is 31.8. The molecule has 36 heavy (non-hydrogen) atoms. The molecule has 0 bridgehead atoms. The molecule has 204 valence electrons. The van der Waals surface area contributed by atoms with Gasteiger partial charge in [0.25, 0.3) is 0 Å². The number of amides is 3. The first-order valence-corrected chi connectivity index (χ1v) is 14.0. The first-order chi connectivity index (χ1) is 16.8. The van der Waals surface area contributed by atoms with Crippen molar-refractivity contribution in [3.63, 3.8) is 0 Å². The van der Waals surface area contributed by atoms with E-state index in [2.05, 4.69) is 10.6 Å². The van der Waals surface area contributed by atoms with Crippen LogP contribution in [-0.4, -0.2) is 70.8 Å². The molecule has 0 spiro atoms. The quantitative estimate of drug-likeness (QED) is 0.359. The second kappa shape index (κ2) is 15.1. The minimum absolute atomic E-state index is 0.0573. The number of aliphatic hydroxyl groups is 1. The molecule has 0 saturated heterocycles. The molecule has 1 aromatic rings. The van der Waals surface area contributed by atoms with Gasteiger partial charge in [0.2, 0.25) is 11.8 Å². The third-order valence-corrected chi connectivity index (χ3v) is 6.27. The van der Waals surface area contributed by atoms with Crippen LogP contribution in [0.3, 0.4) is 0 Å². The summed E-state index contributed by atoms with van der Waals surface area (Å²) in [7, 11) is 0. The van der Waals surface area contributed by atoms with Crippen LogP contribution in [0.5, 0.6) is 0 Å². The van der Waals surface area contributed by atoms with Crippen molar-refractivity contribution in [3.8, 4) is 0 Å². The lowest BCUT2D eigenvalue weighted by atomic mass is 9.95. The zero-order chi connectivity index (χ0) is 27.5. The van der Waals surface area contributed by atoms with Crippen LogP contribution >= 0.6 is 11.8 Å². The van der Waals surface area contributed by atoms with E-state index in [0.29, 0.717) is 17.7 Å². The van der Waals surface area contributed by atoms with Crippen molar-refractivity contribution in [1.29, 1.82) is 0 Å². The van der Waals surface area contributed by atoms with Gasteiger partial charge in [-0.05, 0) is 77.5 Å². The molecule has 9 heteroatoms. The number of carbonyl (C=O) groups is 3. The van der Waals surface area contributed by atoms with Gasteiger partial charge in [-0.2, -0.15) is 11.8 Å². The molecule has 3 amide bonds. The van der Waals surface area contributed by atoms with Gasteiger partial charge in [-0.25, -0.2) is 4.79 Å². The second-order valence-electron chi connectivity index (χ2n) is 10.2. The highest BCUT2D eigenvalue weighted by Crippen LogP contribution is 2.27. The number of aryl methyl sites for hydroxylation is 2. The van der Waals surface area contributed by atoms with Crippen molar-refractivity contribution >= 4 is 29.7 Å². The van der Waals surface area contributed by atoms with Crippen molar-refractivity contribution in [2.75, 3.05) is 25.2 Å². The van der Waals surface area contributed by atoms with Gasteiger partial charge in [-0.3, -0.25) is 9.59 Å². The number of nitrogens with zero attached hydrogens (tertiary/aromatic N) is 1. The molecule has 1 rings (SSSR count). The van der Waals surface area contributed by atoms with Crippen LogP contribution in [-0.2, 0) is 14.3 Å². The summed E-state index contributed by atoms with van der Waals surface area (Å²) in [6.45, 7) is 12.7. The maximum atomic E-state index is 13.9. The number of benzene rings is 1. The highest BCUT2D eigenvalue weighted by molar-refractivity contribution is 7.98. The third-order valence-electron chi connectivity index (χ3n) is 5.62. The fraction of sp³-hybridized carbons (Fsp3) is 0.667. The first-order valence-electron chi connectivity index (χ1n) is 12.6. The number of hydrogen-bond acceptors (Lipinski definition) is 6. The van der Waals surface area contributed by atoms with E-state index in [-0.39, 0.29) is 25.1 Å². The van der Waals surface area contributed by atoms with Gasteiger partial charge >= 0.3 is 6.09 Å². The van der Waals surface area contributed by atoms with Crippen LogP contribution in [0.4, 0.5) is 4.79 Å². The molecule has 8 nitrogen and oxygen atoms in total. The number of carbonyl (C=O) groups excluding carboxylic acids is 3. The topological polar surface area (TPSA) is 108 Å². The summed E-state index contributed by atoms with van der Waals surface area (Å²) in [5.41, 5.74) is 1.79. The molecule has 3 atom stereocenters. The summed E-state index contributed by atoms with van der Waals surface area (Å²) in [5, 5.41) is 15.6. The van der Waals surface area contributed by atoms with Crippen molar-refractivity contribution < 1.29 is 24.2 Å². The van der Waals surface area contributed by atoms with E-state index in [1.807, 2.05) is 52.1 Å². The fourth-order valence-corrected chi connectivity index (χ4v) is 4.42. The Morgan fingerprint density at radius 1 is 1.14 bits per heavy atom. The van der Waals surface area contributed by atoms with E-state index in [1.54, 1.807) is 32.5 Å².